The molecule has 0 saturated carbocycles. The van der Waals surface area contributed by atoms with Crippen molar-refractivity contribution < 1.29 is 14.3 Å². The molecule has 6 nitrogen and oxygen atoms in total. The van der Waals surface area contributed by atoms with Crippen LogP contribution in [0.3, 0.4) is 0 Å². The summed E-state index contributed by atoms with van der Waals surface area (Å²) in [6, 6.07) is 14.5. The van der Waals surface area contributed by atoms with Crippen LogP contribution in [0.4, 0.5) is 0 Å². The number of carbonyl (C=O) groups excluding carboxylic acids is 1. The van der Waals surface area contributed by atoms with Gasteiger partial charge in [-0.15, -0.1) is 0 Å². The van der Waals surface area contributed by atoms with Gasteiger partial charge in [-0.05, 0) is 68.5 Å². The first-order valence-electron chi connectivity index (χ1n) is 11.1. The molecule has 164 valence electrons. The lowest BCUT2D eigenvalue weighted by Crippen LogP contribution is -2.34. The van der Waals surface area contributed by atoms with E-state index in [2.05, 4.69) is 48.0 Å². The van der Waals surface area contributed by atoms with E-state index < -0.39 is 0 Å². The molecule has 6 heteroatoms. The fraction of sp³-hybridized carbons (Fsp3) is 0.440. The van der Waals surface area contributed by atoms with Crippen molar-refractivity contribution in [2.75, 3.05) is 19.8 Å². The number of aryl methyl sites for hydroxylation is 3. The van der Waals surface area contributed by atoms with E-state index in [1.54, 1.807) is 0 Å². The maximum absolute atomic E-state index is 12.1. The highest BCUT2D eigenvalue weighted by Gasteiger charge is 2.22. The van der Waals surface area contributed by atoms with Gasteiger partial charge in [0.1, 0.15) is 24.3 Å². The van der Waals surface area contributed by atoms with Crippen LogP contribution >= 0.6 is 0 Å². The van der Waals surface area contributed by atoms with Gasteiger partial charge >= 0.3 is 0 Å². The van der Waals surface area contributed by atoms with Crippen molar-refractivity contribution in [2.45, 2.75) is 52.2 Å². The van der Waals surface area contributed by atoms with Gasteiger partial charge in [0.2, 0.25) is 5.91 Å². The number of para-hydroxylation sites is 2. The molecule has 31 heavy (non-hydrogen) atoms. The Hall–Kier alpha value is -2.86. The van der Waals surface area contributed by atoms with Crippen molar-refractivity contribution in [1.29, 1.82) is 0 Å². The van der Waals surface area contributed by atoms with E-state index in [4.69, 9.17) is 14.5 Å². The zero-order chi connectivity index (χ0) is 21.6. The molecule has 4 rings (SSSR count). The van der Waals surface area contributed by atoms with Crippen molar-refractivity contribution in [3.8, 4) is 5.75 Å². The van der Waals surface area contributed by atoms with E-state index in [9.17, 15) is 4.79 Å². The molecule has 1 aliphatic rings. The quantitative estimate of drug-likeness (QED) is 0.531. The van der Waals surface area contributed by atoms with Crippen LogP contribution in [0.1, 0.15) is 36.2 Å². The second-order valence-electron chi connectivity index (χ2n) is 8.24. The van der Waals surface area contributed by atoms with Gasteiger partial charge in [-0.3, -0.25) is 4.79 Å². The summed E-state index contributed by atoms with van der Waals surface area (Å²) in [4.78, 5) is 16.9. The summed E-state index contributed by atoms with van der Waals surface area (Å²) in [5.74, 6) is 1.93. The third-order valence-corrected chi connectivity index (χ3v) is 5.61. The Morgan fingerprint density at radius 3 is 2.81 bits per heavy atom. The number of carbonyl (C=O) groups is 1. The second kappa shape index (κ2) is 9.96. The highest BCUT2D eigenvalue weighted by molar-refractivity contribution is 5.80. The SMILES string of the molecule is Cc1cc(C)cc(OCCn2c(CCCNC(=O)C3CCCO3)nc3ccccc32)c1. The summed E-state index contributed by atoms with van der Waals surface area (Å²) >= 11 is 0. The number of hydrogen-bond donors (Lipinski definition) is 1. The predicted molar refractivity (Wildman–Crippen MR) is 121 cm³/mol. The number of aromatic nitrogens is 2. The maximum Gasteiger partial charge on any atom is 0.249 e. The topological polar surface area (TPSA) is 65.4 Å². The van der Waals surface area contributed by atoms with Crippen LogP contribution in [0.5, 0.6) is 5.75 Å². The molecule has 2 aromatic carbocycles. The Balaban J connectivity index is 1.36. The Morgan fingerprint density at radius 1 is 1.23 bits per heavy atom. The Bertz CT molecular complexity index is 1020. The van der Waals surface area contributed by atoms with Crippen molar-refractivity contribution >= 4 is 16.9 Å². The van der Waals surface area contributed by atoms with Crippen molar-refractivity contribution in [3.63, 3.8) is 0 Å². The monoisotopic (exact) mass is 421 g/mol. The molecule has 0 aliphatic carbocycles. The van der Waals surface area contributed by atoms with Gasteiger partial charge in [-0.25, -0.2) is 4.98 Å². The lowest BCUT2D eigenvalue weighted by molar-refractivity contribution is -0.130. The Labute approximate surface area is 183 Å². The highest BCUT2D eigenvalue weighted by atomic mass is 16.5. The molecular formula is C25H31N3O3. The number of amides is 1. The molecule has 1 aliphatic heterocycles. The number of hydrogen-bond acceptors (Lipinski definition) is 4. The van der Waals surface area contributed by atoms with Crippen molar-refractivity contribution in [1.82, 2.24) is 14.9 Å². The summed E-state index contributed by atoms with van der Waals surface area (Å²) in [7, 11) is 0. The zero-order valence-electron chi connectivity index (χ0n) is 18.4. The van der Waals surface area contributed by atoms with Gasteiger partial charge < -0.3 is 19.4 Å². The molecule has 1 unspecified atom stereocenters. The largest absolute Gasteiger partial charge is 0.492 e. The number of fused-ring (bicyclic) bond motifs is 1. The van der Waals surface area contributed by atoms with E-state index in [0.29, 0.717) is 19.8 Å². The van der Waals surface area contributed by atoms with Crippen LogP contribution < -0.4 is 10.1 Å². The first kappa shape index (κ1) is 21.4. The van der Waals surface area contributed by atoms with Gasteiger partial charge in [-0.2, -0.15) is 0 Å². The minimum absolute atomic E-state index is 0.00727. The second-order valence-corrected chi connectivity index (χ2v) is 8.24. The van der Waals surface area contributed by atoms with E-state index in [1.165, 1.54) is 11.1 Å². The number of nitrogens with zero attached hydrogens (tertiary/aromatic N) is 2. The number of ether oxygens (including phenoxy) is 2. The number of benzene rings is 2. The average molecular weight is 422 g/mol. The summed E-state index contributed by atoms with van der Waals surface area (Å²) in [5, 5.41) is 3.00. The summed E-state index contributed by atoms with van der Waals surface area (Å²) in [5.41, 5.74) is 4.51. The third kappa shape index (κ3) is 5.44. The van der Waals surface area contributed by atoms with E-state index in [0.717, 1.165) is 54.8 Å². The minimum Gasteiger partial charge on any atom is -0.492 e. The third-order valence-electron chi connectivity index (χ3n) is 5.61. The van der Waals surface area contributed by atoms with Crippen LogP contribution in [0.2, 0.25) is 0 Å². The van der Waals surface area contributed by atoms with Crippen LogP contribution in [0, 0.1) is 13.8 Å². The van der Waals surface area contributed by atoms with Crippen LogP contribution in [-0.2, 0) is 22.5 Å². The Morgan fingerprint density at radius 2 is 2.03 bits per heavy atom. The van der Waals surface area contributed by atoms with Crippen LogP contribution in [0.15, 0.2) is 42.5 Å². The molecule has 1 saturated heterocycles. The van der Waals surface area contributed by atoms with Gasteiger partial charge in [0, 0.05) is 19.6 Å². The zero-order valence-corrected chi connectivity index (χ0v) is 18.4. The smallest absolute Gasteiger partial charge is 0.249 e. The van der Waals surface area contributed by atoms with Gasteiger partial charge in [0.05, 0.1) is 17.6 Å². The predicted octanol–water partition coefficient (Wildman–Crippen LogP) is 3.96. The molecule has 2 heterocycles. The molecule has 0 bridgehead atoms. The summed E-state index contributed by atoms with van der Waals surface area (Å²) < 4.78 is 13.7. The first-order valence-corrected chi connectivity index (χ1v) is 11.1. The highest BCUT2D eigenvalue weighted by Crippen LogP contribution is 2.19. The van der Waals surface area contributed by atoms with E-state index in [-0.39, 0.29) is 12.0 Å². The lowest BCUT2D eigenvalue weighted by atomic mass is 10.1. The molecular weight excluding hydrogens is 390 g/mol. The lowest BCUT2D eigenvalue weighted by Gasteiger charge is -2.13. The van der Waals surface area contributed by atoms with Crippen molar-refractivity contribution in [2.24, 2.45) is 0 Å². The molecule has 1 atom stereocenters. The Kier molecular flexibility index (Phi) is 6.87. The standard InChI is InChI=1S/C25H31N3O3/c1-18-15-19(2)17-20(16-18)30-14-12-28-22-8-4-3-7-21(22)27-24(28)10-5-11-26-25(29)23-9-6-13-31-23/h3-4,7-8,15-17,23H,5-6,9-14H2,1-2H3,(H,26,29). The summed E-state index contributed by atoms with van der Waals surface area (Å²) in [6.45, 7) is 6.78. The number of imidazole rings is 1. The van der Waals surface area contributed by atoms with Crippen LogP contribution in [-0.4, -0.2) is 41.3 Å². The first-order chi connectivity index (χ1) is 15.1. The van der Waals surface area contributed by atoms with E-state index in [1.807, 2.05) is 18.2 Å². The molecule has 1 aromatic heterocycles. The van der Waals surface area contributed by atoms with Gasteiger partial charge in [0.25, 0.3) is 0 Å². The number of nitrogens with one attached hydrogen (secondary N) is 1. The molecule has 1 N–H and O–H groups in total. The molecule has 0 radical (unpaired) electrons. The molecule has 1 fully saturated rings. The molecule has 1 amide bonds. The summed E-state index contributed by atoms with van der Waals surface area (Å²) in [6.07, 6.45) is 3.14. The maximum atomic E-state index is 12.1. The normalized spacial score (nSPS) is 16.0. The fourth-order valence-corrected chi connectivity index (χ4v) is 4.19. The van der Waals surface area contributed by atoms with E-state index >= 15 is 0 Å². The van der Waals surface area contributed by atoms with Gasteiger partial charge in [-0.1, -0.05) is 18.2 Å². The van der Waals surface area contributed by atoms with Crippen LogP contribution in [0.25, 0.3) is 11.0 Å². The molecule has 3 aromatic rings. The molecule has 0 spiro atoms. The fourth-order valence-electron chi connectivity index (χ4n) is 4.19. The van der Waals surface area contributed by atoms with Gasteiger partial charge in [0.15, 0.2) is 0 Å². The van der Waals surface area contributed by atoms with Crippen molar-refractivity contribution in [3.05, 3.63) is 59.4 Å². The minimum atomic E-state index is -0.271. The average Bonchev–Trinajstić information content (AvgIpc) is 3.39. The number of rotatable bonds is 9.